The van der Waals surface area contributed by atoms with E-state index in [-0.39, 0.29) is 43.7 Å². The minimum Gasteiger partial charge on any atom is -0.494 e. The standard InChI is InChI=1S/C33H42ClN3O5S/c1-5-42-30-18-16-29(17-19-30)37(43(4,40)41)20-10-15-32(38)36(24-27-13-9-14-28(34)21-27)31(33(39)35-23-25(2)3)22-26-11-7-6-8-12-26/h6-9,11-14,16-19,21,25,31H,5,10,15,20,22-24H2,1-4H3,(H,35,39)/t31-/m1/s1. The molecule has 0 bridgehead atoms. The molecular formula is C33H42ClN3O5S. The third-order valence-electron chi connectivity index (χ3n) is 6.79. The largest absolute Gasteiger partial charge is 0.494 e. The number of rotatable bonds is 16. The minimum absolute atomic E-state index is 0.0480. The number of benzene rings is 3. The molecule has 0 spiro atoms. The van der Waals surface area contributed by atoms with E-state index >= 15 is 0 Å². The summed E-state index contributed by atoms with van der Waals surface area (Å²) in [6, 6.07) is 22.9. The van der Waals surface area contributed by atoms with Crippen molar-refractivity contribution in [2.45, 2.75) is 52.6 Å². The summed E-state index contributed by atoms with van der Waals surface area (Å²) in [5, 5.41) is 3.54. The van der Waals surface area contributed by atoms with Crippen molar-refractivity contribution in [1.29, 1.82) is 0 Å². The lowest BCUT2D eigenvalue weighted by Crippen LogP contribution is -2.51. The van der Waals surface area contributed by atoms with Crippen LogP contribution < -0.4 is 14.4 Å². The van der Waals surface area contributed by atoms with E-state index in [2.05, 4.69) is 5.32 Å². The predicted molar refractivity (Wildman–Crippen MR) is 173 cm³/mol. The zero-order valence-electron chi connectivity index (χ0n) is 25.3. The number of ether oxygens (including phenoxy) is 1. The highest BCUT2D eigenvalue weighted by atomic mass is 35.5. The van der Waals surface area contributed by atoms with Crippen molar-refractivity contribution in [3.63, 3.8) is 0 Å². The molecule has 0 unspecified atom stereocenters. The molecular weight excluding hydrogens is 586 g/mol. The molecule has 0 radical (unpaired) electrons. The zero-order valence-corrected chi connectivity index (χ0v) is 26.9. The highest BCUT2D eigenvalue weighted by Crippen LogP contribution is 2.23. The van der Waals surface area contributed by atoms with Gasteiger partial charge in [0.05, 0.1) is 18.6 Å². The van der Waals surface area contributed by atoms with Crippen LogP contribution in [0.2, 0.25) is 5.02 Å². The summed E-state index contributed by atoms with van der Waals surface area (Å²) in [6.07, 6.45) is 1.79. The van der Waals surface area contributed by atoms with E-state index in [1.807, 2.05) is 63.2 Å². The van der Waals surface area contributed by atoms with Crippen LogP contribution in [0.5, 0.6) is 5.75 Å². The molecule has 0 aromatic heterocycles. The summed E-state index contributed by atoms with van der Waals surface area (Å²) in [7, 11) is -3.61. The molecule has 43 heavy (non-hydrogen) atoms. The van der Waals surface area contributed by atoms with Crippen molar-refractivity contribution in [2.75, 3.05) is 30.3 Å². The number of sulfonamides is 1. The van der Waals surface area contributed by atoms with E-state index in [0.29, 0.717) is 36.0 Å². The van der Waals surface area contributed by atoms with Gasteiger partial charge in [0.15, 0.2) is 0 Å². The Morgan fingerprint density at radius 2 is 1.63 bits per heavy atom. The quantitative estimate of drug-likeness (QED) is 0.220. The Hall–Kier alpha value is -3.56. The smallest absolute Gasteiger partial charge is 0.243 e. The van der Waals surface area contributed by atoms with Crippen molar-refractivity contribution >= 4 is 39.1 Å². The number of nitrogens with zero attached hydrogens (tertiary/aromatic N) is 2. The van der Waals surface area contributed by atoms with Crippen LogP contribution in [-0.4, -0.2) is 57.1 Å². The summed E-state index contributed by atoms with van der Waals surface area (Å²) < 4.78 is 32.1. The normalized spacial score (nSPS) is 12.0. The van der Waals surface area contributed by atoms with Gasteiger partial charge < -0.3 is 15.0 Å². The van der Waals surface area contributed by atoms with Crippen LogP contribution in [0, 0.1) is 5.92 Å². The van der Waals surface area contributed by atoms with Crippen LogP contribution in [0.25, 0.3) is 0 Å². The van der Waals surface area contributed by atoms with Crippen LogP contribution in [0.3, 0.4) is 0 Å². The third kappa shape index (κ3) is 10.9. The van der Waals surface area contributed by atoms with Gasteiger partial charge in [-0.25, -0.2) is 8.42 Å². The minimum atomic E-state index is -3.61. The predicted octanol–water partition coefficient (Wildman–Crippen LogP) is 5.70. The third-order valence-corrected chi connectivity index (χ3v) is 8.21. The molecule has 0 aliphatic rings. The molecule has 2 amide bonds. The van der Waals surface area contributed by atoms with Crippen LogP contribution in [-0.2, 0) is 32.6 Å². The van der Waals surface area contributed by atoms with Gasteiger partial charge in [-0.3, -0.25) is 13.9 Å². The van der Waals surface area contributed by atoms with Crippen molar-refractivity contribution < 1.29 is 22.7 Å². The van der Waals surface area contributed by atoms with Gasteiger partial charge in [0.1, 0.15) is 11.8 Å². The molecule has 1 atom stereocenters. The lowest BCUT2D eigenvalue weighted by Gasteiger charge is -2.32. The van der Waals surface area contributed by atoms with Crippen LogP contribution in [0.15, 0.2) is 78.9 Å². The van der Waals surface area contributed by atoms with Crippen LogP contribution in [0.1, 0.15) is 44.7 Å². The first-order valence-corrected chi connectivity index (χ1v) is 16.8. The Balaban J connectivity index is 1.86. The van der Waals surface area contributed by atoms with Crippen molar-refractivity contribution in [3.05, 3.63) is 95.0 Å². The maximum Gasteiger partial charge on any atom is 0.243 e. The van der Waals surface area contributed by atoms with Crippen molar-refractivity contribution in [3.8, 4) is 5.75 Å². The maximum atomic E-state index is 13.9. The molecule has 10 heteroatoms. The SMILES string of the molecule is CCOc1ccc(N(CCCC(=O)N(Cc2cccc(Cl)c2)[C@H](Cc2ccccc2)C(=O)NCC(C)C)S(C)(=O)=O)cc1. The highest BCUT2D eigenvalue weighted by Gasteiger charge is 2.30. The molecule has 3 aromatic rings. The second kappa shape index (κ2) is 16.3. The Morgan fingerprint density at radius 3 is 2.23 bits per heavy atom. The first kappa shape index (κ1) is 33.9. The summed E-state index contributed by atoms with van der Waals surface area (Å²) in [6.45, 7) is 7.17. The van der Waals surface area contributed by atoms with Crippen molar-refractivity contribution in [2.24, 2.45) is 5.92 Å². The molecule has 3 rings (SSSR count). The van der Waals surface area contributed by atoms with Gasteiger partial charge in [-0.2, -0.15) is 0 Å². The van der Waals surface area contributed by atoms with Gasteiger partial charge in [-0.15, -0.1) is 0 Å². The number of halogens is 1. The van der Waals surface area contributed by atoms with Gasteiger partial charge in [-0.1, -0.05) is 67.9 Å². The molecule has 3 aromatic carbocycles. The Kier molecular flexibility index (Phi) is 12.9. The molecule has 0 aliphatic carbocycles. The first-order valence-electron chi connectivity index (χ1n) is 14.5. The van der Waals surface area contributed by atoms with Gasteiger partial charge in [-0.05, 0) is 66.8 Å². The average molecular weight is 628 g/mol. The molecule has 0 heterocycles. The molecule has 232 valence electrons. The Morgan fingerprint density at radius 1 is 0.953 bits per heavy atom. The van der Waals surface area contributed by atoms with E-state index in [9.17, 15) is 18.0 Å². The lowest BCUT2D eigenvalue weighted by atomic mass is 10.0. The molecule has 0 saturated heterocycles. The van der Waals surface area contributed by atoms with E-state index in [0.717, 1.165) is 17.4 Å². The fourth-order valence-corrected chi connectivity index (χ4v) is 5.87. The number of anilines is 1. The molecule has 0 fully saturated rings. The number of amides is 2. The molecule has 0 saturated carbocycles. The number of carbonyl (C=O) groups excluding carboxylic acids is 2. The summed E-state index contributed by atoms with van der Waals surface area (Å²) >= 11 is 6.26. The Bertz CT molecular complexity index is 1430. The van der Waals surface area contributed by atoms with E-state index in [1.54, 1.807) is 41.3 Å². The summed E-state index contributed by atoms with van der Waals surface area (Å²) in [4.78, 5) is 29.1. The number of nitrogens with one attached hydrogen (secondary N) is 1. The van der Waals surface area contributed by atoms with E-state index < -0.39 is 16.1 Å². The lowest BCUT2D eigenvalue weighted by molar-refractivity contribution is -0.141. The fraction of sp³-hybridized carbons (Fsp3) is 0.394. The van der Waals surface area contributed by atoms with E-state index in [1.165, 1.54) is 4.31 Å². The van der Waals surface area contributed by atoms with Crippen molar-refractivity contribution in [1.82, 2.24) is 10.2 Å². The Labute approximate surface area is 261 Å². The zero-order chi connectivity index (χ0) is 31.4. The number of hydrogen-bond acceptors (Lipinski definition) is 5. The van der Waals surface area contributed by atoms with Gasteiger partial charge in [0, 0.05) is 37.5 Å². The van der Waals surface area contributed by atoms with Crippen LogP contribution >= 0.6 is 11.6 Å². The topological polar surface area (TPSA) is 96.0 Å². The number of hydrogen-bond donors (Lipinski definition) is 1. The first-order chi connectivity index (χ1) is 20.5. The highest BCUT2D eigenvalue weighted by molar-refractivity contribution is 7.92. The molecule has 1 N–H and O–H groups in total. The second-order valence-corrected chi connectivity index (χ2v) is 13.2. The monoisotopic (exact) mass is 627 g/mol. The second-order valence-electron chi connectivity index (χ2n) is 10.9. The summed E-state index contributed by atoms with van der Waals surface area (Å²) in [5.74, 6) is 0.399. The summed E-state index contributed by atoms with van der Waals surface area (Å²) in [5.41, 5.74) is 2.21. The molecule has 8 nitrogen and oxygen atoms in total. The van der Waals surface area contributed by atoms with Crippen LogP contribution in [0.4, 0.5) is 5.69 Å². The van der Waals surface area contributed by atoms with Gasteiger partial charge >= 0.3 is 0 Å². The molecule has 0 aliphatic heterocycles. The van der Waals surface area contributed by atoms with Gasteiger partial charge in [0.2, 0.25) is 21.8 Å². The fourth-order valence-electron chi connectivity index (χ4n) is 4.69. The average Bonchev–Trinajstić information content (AvgIpc) is 2.96. The van der Waals surface area contributed by atoms with Gasteiger partial charge in [0.25, 0.3) is 0 Å². The maximum absolute atomic E-state index is 13.9. The van der Waals surface area contributed by atoms with E-state index in [4.69, 9.17) is 16.3 Å². The number of carbonyl (C=O) groups is 2.